The van der Waals surface area contributed by atoms with E-state index in [4.69, 9.17) is 4.74 Å². The summed E-state index contributed by atoms with van der Waals surface area (Å²) in [4.78, 5) is 23.0. The number of ether oxygens (including phenoxy) is 1. The van der Waals surface area contributed by atoms with Gasteiger partial charge in [-0.1, -0.05) is 135 Å². The molecule has 1 atom stereocenters. The van der Waals surface area contributed by atoms with Crippen molar-refractivity contribution in [2.24, 2.45) is 5.92 Å². The van der Waals surface area contributed by atoms with Crippen molar-refractivity contribution in [3.63, 3.8) is 0 Å². The number of carbonyl (C=O) groups excluding carboxylic acids is 1. The minimum absolute atomic E-state index is 0.00565. The number of rotatable bonds is 28. The molecule has 1 N–H and O–H groups in total. The van der Waals surface area contributed by atoms with Gasteiger partial charge in [0.05, 0.1) is 18.9 Å². The second kappa shape index (κ2) is 28.3. The number of unbranched alkanes of at least 4 members (excludes halogenated alkanes) is 19. The second-order valence-electron chi connectivity index (χ2n) is 10.7. The van der Waals surface area contributed by atoms with Gasteiger partial charge in [0.2, 0.25) is 0 Å². The zero-order valence-electron chi connectivity index (χ0n) is 24.1. The molecule has 0 heterocycles. The van der Waals surface area contributed by atoms with Crippen LogP contribution in [0, 0.1) is 5.92 Å². The first-order valence-electron chi connectivity index (χ1n) is 15.6. The van der Waals surface area contributed by atoms with Crippen LogP contribution in [0.15, 0.2) is 12.2 Å². The Morgan fingerprint density at radius 3 is 1.44 bits per heavy atom. The molecule has 1 unspecified atom stereocenters. The minimum Gasteiger partial charge on any atom is -0.481 e. The first-order valence-corrected chi connectivity index (χ1v) is 15.6. The average Bonchev–Trinajstić information content (AvgIpc) is 2.87. The third-order valence-electron chi connectivity index (χ3n) is 7.04. The maximum atomic E-state index is 11.7. The summed E-state index contributed by atoms with van der Waals surface area (Å²) in [5, 5.41) is 9.31. The summed E-state index contributed by atoms with van der Waals surface area (Å²) in [6.45, 7) is 4.59. The molecule has 0 aliphatic carbocycles. The molecule has 0 aromatic rings. The van der Waals surface area contributed by atoms with Crippen molar-refractivity contribution < 1.29 is 19.4 Å². The summed E-state index contributed by atoms with van der Waals surface area (Å²) >= 11 is 0. The Hall–Kier alpha value is -1.32. The Kier molecular flexibility index (Phi) is 27.2. The van der Waals surface area contributed by atoms with Crippen LogP contribution in [0.4, 0.5) is 0 Å². The Morgan fingerprint density at radius 1 is 0.611 bits per heavy atom. The molecule has 0 rings (SSSR count). The molecule has 0 spiro atoms. The molecule has 4 heteroatoms. The van der Waals surface area contributed by atoms with Gasteiger partial charge in [-0.15, -0.1) is 0 Å². The van der Waals surface area contributed by atoms with E-state index in [1.54, 1.807) is 0 Å². The summed E-state index contributed by atoms with van der Waals surface area (Å²) in [6.07, 6.45) is 33.6. The van der Waals surface area contributed by atoms with Crippen LogP contribution in [0.25, 0.3) is 0 Å². The molecule has 0 saturated heterocycles. The highest BCUT2D eigenvalue weighted by Gasteiger charge is 2.21. The molecular formula is C32H60O4. The van der Waals surface area contributed by atoms with Gasteiger partial charge in [-0.3, -0.25) is 9.59 Å². The first kappa shape index (κ1) is 34.7. The SMILES string of the molecule is CCCCCCCC/C=C/CCCCCCCCCCCCCCCC(CC(=O)OCCC)C(=O)O. The van der Waals surface area contributed by atoms with Gasteiger partial charge in [0.1, 0.15) is 0 Å². The van der Waals surface area contributed by atoms with E-state index in [0.717, 1.165) is 19.3 Å². The zero-order valence-corrected chi connectivity index (χ0v) is 24.1. The summed E-state index contributed by atoms with van der Waals surface area (Å²) in [5.41, 5.74) is 0. The zero-order chi connectivity index (χ0) is 26.5. The Balaban J connectivity index is 3.35. The van der Waals surface area contributed by atoms with Crippen LogP contribution in [0.3, 0.4) is 0 Å². The quantitative estimate of drug-likeness (QED) is 0.0648. The maximum Gasteiger partial charge on any atom is 0.307 e. The van der Waals surface area contributed by atoms with Gasteiger partial charge in [-0.2, -0.15) is 0 Å². The molecule has 0 saturated carbocycles. The van der Waals surface area contributed by atoms with E-state index in [0.29, 0.717) is 13.0 Å². The van der Waals surface area contributed by atoms with Crippen molar-refractivity contribution in [2.45, 2.75) is 168 Å². The van der Waals surface area contributed by atoms with Crippen molar-refractivity contribution in [3.8, 4) is 0 Å². The van der Waals surface area contributed by atoms with Gasteiger partial charge >= 0.3 is 11.9 Å². The fourth-order valence-electron chi connectivity index (χ4n) is 4.66. The monoisotopic (exact) mass is 508 g/mol. The van der Waals surface area contributed by atoms with Gasteiger partial charge in [0.15, 0.2) is 0 Å². The van der Waals surface area contributed by atoms with Gasteiger partial charge in [0, 0.05) is 0 Å². The molecule has 4 nitrogen and oxygen atoms in total. The molecule has 0 amide bonds. The van der Waals surface area contributed by atoms with Crippen molar-refractivity contribution in [3.05, 3.63) is 12.2 Å². The average molecular weight is 509 g/mol. The molecule has 0 radical (unpaired) electrons. The molecule has 0 bridgehead atoms. The number of carboxylic acid groups (broad SMARTS) is 1. The fraction of sp³-hybridized carbons (Fsp3) is 0.875. The van der Waals surface area contributed by atoms with Gasteiger partial charge in [0.25, 0.3) is 0 Å². The number of aliphatic carboxylic acids is 1. The van der Waals surface area contributed by atoms with Crippen molar-refractivity contribution in [1.29, 1.82) is 0 Å². The van der Waals surface area contributed by atoms with Crippen LogP contribution in [-0.4, -0.2) is 23.7 Å². The summed E-state index contributed by atoms with van der Waals surface area (Å²) in [6, 6.07) is 0. The number of allylic oxidation sites excluding steroid dienone is 2. The molecule has 36 heavy (non-hydrogen) atoms. The van der Waals surface area contributed by atoms with E-state index in [2.05, 4.69) is 19.1 Å². The lowest BCUT2D eigenvalue weighted by atomic mass is 9.97. The molecule has 0 aromatic heterocycles. The fourth-order valence-corrected chi connectivity index (χ4v) is 4.66. The van der Waals surface area contributed by atoms with Gasteiger partial charge < -0.3 is 9.84 Å². The number of hydrogen-bond donors (Lipinski definition) is 1. The Labute approximate surface area is 224 Å². The van der Waals surface area contributed by atoms with Gasteiger partial charge in [-0.05, 0) is 38.5 Å². The molecule has 0 fully saturated rings. The minimum atomic E-state index is -0.876. The largest absolute Gasteiger partial charge is 0.481 e. The topological polar surface area (TPSA) is 63.6 Å². The lowest BCUT2D eigenvalue weighted by Gasteiger charge is -2.11. The highest BCUT2D eigenvalue weighted by atomic mass is 16.5. The van der Waals surface area contributed by atoms with Crippen LogP contribution >= 0.6 is 0 Å². The number of esters is 1. The number of carboxylic acids is 1. The van der Waals surface area contributed by atoms with Crippen molar-refractivity contribution in [1.82, 2.24) is 0 Å². The van der Waals surface area contributed by atoms with Crippen LogP contribution in [0.5, 0.6) is 0 Å². The van der Waals surface area contributed by atoms with E-state index in [1.165, 1.54) is 122 Å². The second-order valence-corrected chi connectivity index (χ2v) is 10.7. The van der Waals surface area contributed by atoms with Crippen LogP contribution in [0.1, 0.15) is 168 Å². The predicted octanol–water partition coefficient (Wildman–Crippen LogP) is 10.2. The van der Waals surface area contributed by atoms with Crippen LogP contribution in [-0.2, 0) is 14.3 Å². The summed E-state index contributed by atoms with van der Waals surface area (Å²) < 4.78 is 5.02. The Bertz CT molecular complexity index is 514. The molecule has 0 aliphatic rings. The summed E-state index contributed by atoms with van der Waals surface area (Å²) in [5.74, 6) is -1.85. The van der Waals surface area contributed by atoms with Gasteiger partial charge in [-0.25, -0.2) is 0 Å². The number of hydrogen-bond acceptors (Lipinski definition) is 3. The molecule has 212 valence electrons. The molecule has 0 aliphatic heterocycles. The molecular weight excluding hydrogens is 448 g/mol. The Morgan fingerprint density at radius 2 is 1.03 bits per heavy atom. The number of carbonyl (C=O) groups is 2. The van der Waals surface area contributed by atoms with Crippen molar-refractivity contribution in [2.75, 3.05) is 6.61 Å². The maximum absolute atomic E-state index is 11.7. The standard InChI is InChI=1S/C32H60O4/c1-3-5-6-7-8-9-10-11-12-13-14-15-16-17-18-19-20-21-22-23-24-25-26-27-30(32(34)35)29-31(33)36-28-4-2/h11-12,30H,3-10,13-29H2,1-2H3,(H,34,35)/b12-11+. The van der Waals surface area contributed by atoms with E-state index in [1.807, 2.05) is 6.92 Å². The van der Waals surface area contributed by atoms with Crippen LogP contribution < -0.4 is 0 Å². The van der Waals surface area contributed by atoms with Crippen LogP contribution in [0.2, 0.25) is 0 Å². The summed E-state index contributed by atoms with van der Waals surface area (Å²) in [7, 11) is 0. The molecule has 0 aromatic carbocycles. The lowest BCUT2D eigenvalue weighted by molar-refractivity contribution is -0.151. The first-order chi connectivity index (χ1) is 17.6. The van der Waals surface area contributed by atoms with E-state index in [9.17, 15) is 14.7 Å². The highest BCUT2D eigenvalue weighted by molar-refractivity contribution is 5.78. The third-order valence-corrected chi connectivity index (χ3v) is 7.04. The third kappa shape index (κ3) is 25.8. The predicted molar refractivity (Wildman–Crippen MR) is 153 cm³/mol. The highest BCUT2D eigenvalue weighted by Crippen LogP contribution is 2.18. The van der Waals surface area contributed by atoms with E-state index in [-0.39, 0.29) is 12.4 Å². The lowest BCUT2D eigenvalue weighted by Crippen LogP contribution is -2.19. The smallest absolute Gasteiger partial charge is 0.307 e. The van der Waals surface area contributed by atoms with E-state index < -0.39 is 11.9 Å². The van der Waals surface area contributed by atoms with Crippen molar-refractivity contribution >= 4 is 11.9 Å². The normalized spacial score (nSPS) is 12.3. The van der Waals surface area contributed by atoms with E-state index >= 15 is 0 Å².